The lowest BCUT2D eigenvalue weighted by Crippen LogP contribution is -2.35. The summed E-state index contributed by atoms with van der Waals surface area (Å²) in [5.74, 6) is 0.0443. The van der Waals surface area contributed by atoms with Gasteiger partial charge in [-0.15, -0.1) is 0 Å². The van der Waals surface area contributed by atoms with Crippen molar-refractivity contribution in [3.63, 3.8) is 0 Å². The maximum absolute atomic E-state index is 13.5. The minimum Gasteiger partial charge on any atom is -0.365 e. The van der Waals surface area contributed by atoms with Gasteiger partial charge in [-0.25, -0.2) is 17.5 Å². The molecule has 1 N–H and O–H groups in total. The van der Waals surface area contributed by atoms with Crippen molar-refractivity contribution in [3.05, 3.63) is 64.3 Å². The van der Waals surface area contributed by atoms with E-state index in [-0.39, 0.29) is 22.3 Å². The number of rotatable bonds is 6. The van der Waals surface area contributed by atoms with Gasteiger partial charge >= 0.3 is 0 Å². The number of nitro benzene ring substituents is 1. The highest BCUT2D eigenvalue weighted by atomic mass is 32.2. The fraction of sp³-hybridized carbons (Fsp3) is 0.300. The second-order valence-electron chi connectivity index (χ2n) is 7.37. The summed E-state index contributed by atoms with van der Waals surface area (Å²) in [6.07, 6.45) is 1.46. The number of nitrogens with one attached hydrogen (secondary N) is 1. The molecule has 12 heteroatoms. The van der Waals surface area contributed by atoms with Crippen LogP contribution in [0.3, 0.4) is 0 Å². The van der Waals surface area contributed by atoms with Crippen molar-refractivity contribution in [2.45, 2.75) is 23.7 Å². The van der Waals surface area contributed by atoms with Crippen LogP contribution in [0.1, 0.15) is 24.7 Å². The molecule has 3 aromatic rings. The van der Waals surface area contributed by atoms with Crippen LogP contribution in [0.5, 0.6) is 0 Å². The third kappa shape index (κ3) is 4.32. The van der Waals surface area contributed by atoms with Gasteiger partial charge in [0.15, 0.2) is 0 Å². The van der Waals surface area contributed by atoms with Gasteiger partial charge in [0.25, 0.3) is 5.69 Å². The molecular formula is C20H20FN5O5S. The van der Waals surface area contributed by atoms with E-state index in [1.807, 2.05) is 4.90 Å². The molecule has 0 aliphatic carbocycles. The molecule has 0 saturated carbocycles. The van der Waals surface area contributed by atoms with E-state index in [9.17, 15) is 22.9 Å². The molecule has 0 radical (unpaired) electrons. The number of sulfonamides is 1. The van der Waals surface area contributed by atoms with E-state index < -0.39 is 20.8 Å². The van der Waals surface area contributed by atoms with Gasteiger partial charge in [-0.2, -0.15) is 4.98 Å². The van der Waals surface area contributed by atoms with E-state index >= 15 is 0 Å². The smallest absolute Gasteiger partial charge is 0.293 e. The molecule has 32 heavy (non-hydrogen) atoms. The normalized spacial score (nSPS) is 16.8. The Labute approximate surface area is 183 Å². The first-order valence-electron chi connectivity index (χ1n) is 9.85. The number of hydrogen-bond acceptors (Lipinski definition) is 8. The van der Waals surface area contributed by atoms with Gasteiger partial charge in [0, 0.05) is 24.7 Å². The highest BCUT2D eigenvalue weighted by Crippen LogP contribution is 2.36. The molecular weight excluding hydrogens is 441 g/mol. The molecule has 10 nitrogen and oxygen atoms in total. The zero-order valence-electron chi connectivity index (χ0n) is 17.1. The topological polar surface area (TPSA) is 131 Å². The zero-order chi connectivity index (χ0) is 22.9. The number of benzene rings is 2. The lowest BCUT2D eigenvalue weighted by molar-refractivity contribution is -0.384. The number of nitrogens with zero attached hydrogens (tertiary/aromatic N) is 4. The first-order chi connectivity index (χ1) is 15.3. The largest absolute Gasteiger partial charge is 0.365 e. The first-order valence-corrected chi connectivity index (χ1v) is 11.3. The van der Waals surface area contributed by atoms with Gasteiger partial charge in [0.05, 0.1) is 15.7 Å². The van der Waals surface area contributed by atoms with Crippen LogP contribution in [0.25, 0.3) is 11.4 Å². The van der Waals surface area contributed by atoms with Crippen LogP contribution in [0.4, 0.5) is 15.8 Å². The van der Waals surface area contributed by atoms with Gasteiger partial charge in [-0.3, -0.25) is 10.1 Å². The van der Waals surface area contributed by atoms with Crippen LogP contribution < -0.4 is 9.62 Å². The number of piperidine rings is 1. The fourth-order valence-electron chi connectivity index (χ4n) is 3.75. The van der Waals surface area contributed by atoms with Gasteiger partial charge in [0.2, 0.25) is 21.7 Å². The third-order valence-electron chi connectivity index (χ3n) is 5.36. The van der Waals surface area contributed by atoms with Crippen molar-refractivity contribution in [1.82, 2.24) is 14.9 Å². The third-order valence-corrected chi connectivity index (χ3v) is 6.77. The van der Waals surface area contributed by atoms with Crippen molar-refractivity contribution in [2.24, 2.45) is 0 Å². The zero-order valence-corrected chi connectivity index (χ0v) is 17.9. The van der Waals surface area contributed by atoms with Gasteiger partial charge < -0.3 is 9.42 Å². The lowest BCUT2D eigenvalue weighted by atomic mass is 9.97. The first kappa shape index (κ1) is 21.8. The molecule has 1 atom stereocenters. The lowest BCUT2D eigenvalue weighted by Gasteiger charge is -2.32. The molecule has 1 fully saturated rings. The summed E-state index contributed by atoms with van der Waals surface area (Å²) in [5, 5.41) is 15.6. The van der Waals surface area contributed by atoms with E-state index in [4.69, 9.17) is 4.52 Å². The Kier molecular flexibility index (Phi) is 5.89. The maximum atomic E-state index is 13.5. The van der Waals surface area contributed by atoms with E-state index in [1.54, 1.807) is 12.1 Å². The van der Waals surface area contributed by atoms with E-state index in [0.29, 0.717) is 30.2 Å². The molecule has 4 rings (SSSR count). The predicted octanol–water partition coefficient (Wildman–Crippen LogP) is 3.08. The number of hydrogen-bond donors (Lipinski definition) is 1. The van der Waals surface area contributed by atoms with Crippen LogP contribution in [0.2, 0.25) is 0 Å². The Morgan fingerprint density at radius 2 is 2.09 bits per heavy atom. The van der Waals surface area contributed by atoms with Crippen LogP contribution >= 0.6 is 0 Å². The molecule has 2 heterocycles. The van der Waals surface area contributed by atoms with E-state index in [1.165, 1.54) is 31.3 Å². The quantitative estimate of drug-likeness (QED) is 0.438. The highest BCUT2D eigenvalue weighted by Gasteiger charge is 2.30. The second-order valence-corrected chi connectivity index (χ2v) is 9.25. The van der Waals surface area contributed by atoms with Crippen LogP contribution in [-0.4, -0.2) is 43.6 Å². The molecule has 2 aromatic carbocycles. The van der Waals surface area contributed by atoms with Crippen LogP contribution in [-0.2, 0) is 10.0 Å². The summed E-state index contributed by atoms with van der Waals surface area (Å²) < 4.78 is 45.1. The number of halogens is 1. The molecule has 1 saturated heterocycles. The Morgan fingerprint density at radius 3 is 2.81 bits per heavy atom. The van der Waals surface area contributed by atoms with Crippen molar-refractivity contribution in [3.8, 4) is 11.4 Å². The molecule has 0 spiro atoms. The van der Waals surface area contributed by atoms with Crippen molar-refractivity contribution < 1.29 is 22.3 Å². The highest BCUT2D eigenvalue weighted by molar-refractivity contribution is 7.89. The molecule has 1 unspecified atom stereocenters. The summed E-state index contributed by atoms with van der Waals surface area (Å²) >= 11 is 0. The van der Waals surface area contributed by atoms with Crippen LogP contribution in [0.15, 0.2) is 51.9 Å². The molecule has 0 amide bonds. The van der Waals surface area contributed by atoms with Gasteiger partial charge in [-0.05, 0) is 44.2 Å². The molecule has 1 aromatic heterocycles. The number of nitro groups is 1. The molecule has 1 aliphatic rings. The minimum absolute atomic E-state index is 0.180. The minimum atomic E-state index is -3.82. The summed E-state index contributed by atoms with van der Waals surface area (Å²) in [6, 6.07) is 9.70. The standard InChI is InChI=1S/C20H20FN5O5S/c1-22-32(29,30)16-7-8-17(18(11-16)26(27)28)25-9-3-5-14(12-25)20-23-19(24-31-20)13-4-2-6-15(21)10-13/h2,4,6-8,10-11,14,22H,3,5,9,12H2,1H3. The monoisotopic (exact) mass is 461 g/mol. The van der Waals surface area contributed by atoms with Crippen molar-refractivity contribution in [1.29, 1.82) is 0 Å². The van der Waals surface area contributed by atoms with E-state index in [0.717, 1.165) is 18.9 Å². The average molecular weight is 461 g/mol. The Balaban J connectivity index is 1.60. The van der Waals surface area contributed by atoms with Crippen LogP contribution in [0, 0.1) is 15.9 Å². The maximum Gasteiger partial charge on any atom is 0.293 e. The number of anilines is 1. The van der Waals surface area contributed by atoms with Crippen molar-refractivity contribution >= 4 is 21.4 Å². The SMILES string of the molecule is CNS(=O)(=O)c1ccc(N2CCCC(c3nc(-c4cccc(F)c4)no3)C2)c([N+](=O)[O-])c1. The average Bonchev–Trinajstić information content (AvgIpc) is 3.29. The summed E-state index contributed by atoms with van der Waals surface area (Å²) in [6.45, 7) is 0.935. The summed E-state index contributed by atoms with van der Waals surface area (Å²) in [7, 11) is -2.57. The fourth-order valence-corrected chi connectivity index (χ4v) is 4.49. The Hall–Kier alpha value is -3.38. The second kappa shape index (κ2) is 8.63. The summed E-state index contributed by atoms with van der Waals surface area (Å²) in [4.78, 5) is 17.1. The molecule has 168 valence electrons. The van der Waals surface area contributed by atoms with Gasteiger partial charge in [0.1, 0.15) is 11.5 Å². The molecule has 1 aliphatic heterocycles. The Bertz CT molecular complexity index is 1260. The molecule has 0 bridgehead atoms. The summed E-state index contributed by atoms with van der Waals surface area (Å²) in [5.41, 5.74) is 0.511. The Morgan fingerprint density at radius 1 is 1.28 bits per heavy atom. The number of aromatic nitrogens is 2. The van der Waals surface area contributed by atoms with E-state index in [2.05, 4.69) is 14.9 Å². The van der Waals surface area contributed by atoms with Gasteiger partial charge in [-0.1, -0.05) is 17.3 Å². The van der Waals surface area contributed by atoms with Crippen molar-refractivity contribution in [2.75, 3.05) is 25.0 Å². The predicted molar refractivity (Wildman–Crippen MR) is 113 cm³/mol.